The van der Waals surface area contributed by atoms with E-state index in [1.165, 1.54) is 70.8 Å². The molecule has 0 N–H and O–H groups in total. The van der Waals surface area contributed by atoms with Gasteiger partial charge >= 0.3 is 0 Å². The minimum absolute atomic E-state index is 1.24. The number of hydrogen-bond donors (Lipinski definition) is 0. The van der Waals surface area contributed by atoms with Gasteiger partial charge in [-0.1, -0.05) is 97.1 Å². The molecule has 0 saturated heterocycles. The van der Waals surface area contributed by atoms with Crippen molar-refractivity contribution < 1.29 is 0 Å². The zero-order valence-corrected chi connectivity index (χ0v) is 19.4. The van der Waals surface area contributed by atoms with Gasteiger partial charge in [-0.15, -0.1) is 0 Å². The van der Waals surface area contributed by atoms with Gasteiger partial charge in [-0.05, 0) is 29.0 Å². The number of aryl methyl sites for hydroxylation is 1. The van der Waals surface area contributed by atoms with Crippen LogP contribution < -0.4 is 0 Å². The summed E-state index contributed by atoms with van der Waals surface area (Å²) in [4.78, 5) is 0. The van der Waals surface area contributed by atoms with E-state index in [2.05, 4.69) is 131 Å². The van der Waals surface area contributed by atoms with Crippen LogP contribution >= 0.6 is 0 Å². The van der Waals surface area contributed by atoms with Crippen molar-refractivity contribution >= 4 is 65.2 Å². The molecule has 0 fully saturated rings. The minimum atomic E-state index is 1.24. The number of benzene rings is 6. The Hall–Kier alpha value is -4.56. The fraction of sp³-hybridized carbons (Fsp3) is 0.0303. The Morgan fingerprint density at radius 2 is 0.914 bits per heavy atom. The monoisotopic (exact) mass is 446 g/mol. The summed E-state index contributed by atoms with van der Waals surface area (Å²) in [5.74, 6) is 0. The van der Waals surface area contributed by atoms with E-state index in [1.54, 1.807) is 0 Å². The second kappa shape index (κ2) is 6.74. The molecule has 0 spiro atoms. The Labute approximate surface area is 202 Å². The van der Waals surface area contributed by atoms with E-state index in [-0.39, 0.29) is 0 Å². The normalized spacial score (nSPS) is 12.1. The molecular formula is C33H22N2. The van der Waals surface area contributed by atoms with Crippen LogP contribution in [-0.4, -0.2) is 9.13 Å². The number of para-hydroxylation sites is 2. The summed E-state index contributed by atoms with van der Waals surface area (Å²) in [6.45, 7) is 0. The highest BCUT2D eigenvalue weighted by molar-refractivity contribution is 6.24. The summed E-state index contributed by atoms with van der Waals surface area (Å²) in [6.07, 6.45) is 0. The largest absolute Gasteiger partial charge is 0.342 e. The van der Waals surface area contributed by atoms with E-state index in [1.807, 2.05) is 0 Å². The van der Waals surface area contributed by atoms with Gasteiger partial charge in [0, 0.05) is 44.9 Å². The first kappa shape index (κ1) is 18.8. The first-order chi connectivity index (χ1) is 17.3. The van der Waals surface area contributed by atoms with Gasteiger partial charge in [0.25, 0.3) is 0 Å². The lowest BCUT2D eigenvalue weighted by atomic mass is 10.0. The summed E-state index contributed by atoms with van der Waals surface area (Å²) in [5.41, 5.74) is 6.29. The third-order valence-electron chi connectivity index (χ3n) is 7.67. The molecule has 164 valence electrons. The summed E-state index contributed by atoms with van der Waals surface area (Å²) in [6, 6.07) is 42.1. The molecule has 0 saturated carbocycles. The molecule has 0 atom stereocenters. The molecule has 35 heavy (non-hydrogen) atoms. The summed E-state index contributed by atoms with van der Waals surface area (Å²) in [5, 5.41) is 10.2. The molecular weight excluding hydrogens is 424 g/mol. The zero-order chi connectivity index (χ0) is 23.1. The van der Waals surface area contributed by atoms with Gasteiger partial charge in [-0.25, -0.2) is 0 Å². The van der Waals surface area contributed by atoms with Crippen molar-refractivity contribution in [2.45, 2.75) is 0 Å². The van der Waals surface area contributed by atoms with Crippen LogP contribution in [0.5, 0.6) is 0 Å². The van der Waals surface area contributed by atoms with Crippen molar-refractivity contribution in [3.05, 3.63) is 115 Å². The van der Waals surface area contributed by atoms with Crippen molar-refractivity contribution in [1.82, 2.24) is 9.13 Å². The molecule has 8 aromatic rings. The molecule has 0 amide bonds. The van der Waals surface area contributed by atoms with Gasteiger partial charge in [0.2, 0.25) is 0 Å². The van der Waals surface area contributed by atoms with Crippen molar-refractivity contribution in [2.24, 2.45) is 7.05 Å². The summed E-state index contributed by atoms with van der Waals surface area (Å²) in [7, 11) is 2.20. The average molecular weight is 447 g/mol. The van der Waals surface area contributed by atoms with E-state index in [0.717, 1.165) is 0 Å². The molecule has 0 aliphatic heterocycles. The van der Waals surface area contributed by atoms with Crippen LogP contribution in [0.25, 0.3) is 70.8 Å². The molecule has 0 aliphatic carbocycles. The smallest absolute Gasteiger partial charge is 0.0785 e. The molecule has 0 radical (unpaired) electrons. The molecule has 0 aliphatic rings. The van der Waals surface area contributed by atoms with Crippen LogP contribution in [0, 0.1) is 0 Å². The maximum Gasteiger partial charge on any atom is 0.0785 e. The first-order valence-electron chi connectivity index (χ1n) is 12.1. The van der Waals surface area contributed by atoms with Crippen molar-refractivity contribution in [2.75, 3.05) is 0 Å². The third-order valence-corrected chi connectivity index (χ3v) is 7.67. The molecule has 2 nitrogen and oxygen atoms in total. The molecule has 2 heterocycles. The summed E-state index contributed by atoms with van der Waals surface area (Å²) >= 11 is 0. The standard InChI is InChI=1S/C33H22N2/c1-34-29-16-8-6-14-25(29)27-18-19-28-26-15-7-9-17-30(26)35(33(28)32(27)34)31-23-12-4-2-10-21(23)20-22-11-3-5-13-24(22)31/h2-20H,1H3. The van der Waals surface area contributed by atoms with E-state index in [0.29, 0.717) is 0 Å². The van der Waals surface area contributed by atoms with Gasteiger partial charge in [-0.2, -0.15) is 0 Å². The molecule has 2 aromatic heterocycles. The number of rotatable bonds is 1. The Balaban J connectivity index is 1.72. The van der Waals surface area contributed by atoms with Crippen LogP contribution in [0.2, 0.25) is 0 Å². The Bertz CT molecular complexity index is 2070. The predicted molar refractivity (Wildman–Crippen MR) is 150 cm³/mol. The number of fused-ring (bicyclic) bond motifs is 9. The molecule has 6 aromatic carbocycles. The maximum absolute atomic E-state index is 2.52. The van der Waals surface area contributed by atoms with E-state index >= 15 is 0 Å². The second-order valence-corrected chi connectivity index (χ2v) is 9.45. The predicted octanol–water partition coefficient (Wildman–Crippen LogP) is 8.73. The van der Waals surface area contributed by atoms with Crippen LogP contribution in [0.4, 0.5) is 0 Å². The molecule has 2 heteroatoms. The number of aromatic nitrogens is 2. The van der Waals surface area contributed by atoms with Crippen LogP contribution in [0.1, 0.15) is 0 Å². The Kier molecular flexibility index (Phi) is 3.62. The van der Waals surface area contributed by atoms with E-state index in [4.69, 9.17) is 0 Å². The average Bonchev–Trinajstić information content (AvgIpc) is 3.40. The Morgan fingerprint density at radius 1 is 0.429 bits per heavy atom. The van der Waals surface area contributed by atoms with Gasteiger partial charge in [0.05, 0.1) is 22.2 Å². The van der Waals surface area contributed by atoms with Crippen molar-refractivity contribution in [3.63, 3.8) is 0 Å². The topological polar surface area (TPSA) is 9.86 Å². The second-order valence-electron chi connectivity index (χ2n) is 9.45. The van der Waals surface area contributed by atoms with E-state index < -0.39 is 0 Å². The van der Waals surface area contributed by atoms with Gasteiger partial charge < -0.3 is 9.13 Å². The SMILES string of the molecule is Cn1c2ccccc2c2ccc3c4ccccc4n(-c4c5ccccc5cc5ccccc45)c3c21. The van der Waals surface area contributed by atoms with Crippen molar-refractivity contribution in [1.29, 1.82) is 0 Å². The van der Waals surface area contributed by atoms with Gasteiger partial charge in [-0.3, -0.25) is 0 Å². The highest BCUT2D eigenvalue weighted by atomic mass is 15.0. The van der Waals surface area contributed by atoms with Crippen LogP contribution in [-0.2, 0) is 7.05 Å². The Morgan fingerprint density at radius 3 is 1.57 bits per heavy atom. The summed E-state index contributed by atoms with van der Waals surface area (Å²) < 4.78 is 4.90. The first-order valence-corrected chi connectivity index (χ1v) is 12.1. The highest BCUT2D eigenvalue weighted by Gasteiger charge is 2.21. The number of hydrogen-bond acceptors (Lipinski definition) is 0. The minimum Gasteiger partial charge on any atom is -0.342 e. The lowest BCUT2D eigenvalue weighted by Gasteiger charge is -2.16. The van der Waals surface area contributed by atoms with Crippen LogP contribution in [0.3, 0.4) is 0 Å². The molecule has 0 bridgehead atoms. The fourth-order valence-corrected chi connectivity index (χ4v) is 6.17. The quantitative estimate of drug-likeness (QED) is 0.223. The number of nitrogens with zero attached hydrogens (tertiary/aromatic N) is 2. The lowest BCUT2D eigenvalue weighted by molar-refractivity contribution is 1.01. The zero-order valence-electron chi connectivity index (χ0n) is 19.4. The highest BCUT2D eigenvalue weighted by Crippen LogP contribution is 2.42. The van der Waals surface area contributed by atoms with Gasteiger partial charge in [0.15, 0.2) is 0 Å². The third kappa shape index (κ3) is 2.38. The molecule has 0 unspecified atom stereocenters. The lowest BCUT2D eigenvalue weighted by Crippen LogP contribution is -1.99. The fourth-order valence-electron chi connectivity index (χ4n) is 6.17. The van der Waals surface area contributed by atoms with E-state index in [9.17, 15) is 0 Å². The van der Waals surface area contributed by atoms with Gasteiger partial charge in [0.1, 0.15) is 0 Å². The molecule has 8 rings (SSSR count). The van der Waals surface area contributed by atoms with Crippen molar-refractivity contribution in [3.8, 4) is 5.69 Å². The van der Waals surface area contributed by atoms with Crippen LogP contribution in [0.15, 0.2) is 115 Å². The maximum atomic E-state index is 2.52.